The molecule has 3 atom stereocenters. The van der Waals surface area contributed by atoms with Gasteiger partial charge in [-0.15, -0.1) is 0 Å². The Labute approximate surface area is 189 Å². The fraction of sp³-hybridized carbons (Fsp3) is 0.615. The molecular weight excluding hydrogens is 404 g/mol. The van der Waals surface area contributed by atoms with Gasteiger partial charge >= 0.3 is 0 Å². The number of benzene rings is 1. The molecule has 0 spiro atoms. The average Bonchev–Trinajstić information content (AvgIpc) is 3.33. The summed E-state index contributed by atoms with van der Waals surface area (Å²) in [6, 6.07) is 7.95. The largest absolute Gasteiger partial charge is 0.394 e. The summed E-state index contributed by atoms with van der Waals surface area (Å²) in [6.07, 6.45) is 6.44. The van der Waals surface area contributed by atoms with Gasteiger partial charge in [-0.3, -0.25) is 9.59 Å². The Bertz CT molecular complexity index is 906. The molecular formula is C26H32N2O4. The van der Waals surface area contributed by atoms with Crippen LogP contribution in [0.5, 0.6) is 0 Å². The topological polar surface area (TPSA) is 70.1 Å². The molecule has 0 unspecified atom stereocenters. The quantitative estimate of drug-likeness (QED) is 0.738. The van der Waals surface area contributed by atoms with E-state index in [0.29, 0.717) is 25.7 Å². The number of aliphatic hydroxyl groups is 1. The van der Waals surface area contributed by atoms with Crippen LogP contribution in [0.25, 0.3) is 0 Å². The monoisotopic (exact) mass is 436 g/mol. The molecule has 4 fully saturated rings. The van der Waals surface area contributed by atoms with Crippen molar-refractivity contribution in [3.8, 4) is 11.8 Å². The predicted octanol–water partition coefficient (Wildman–Crippen LogP) is 2.15. The van der Waals surface area contributed by atoms with Crippen molar-refractivity contribution in [2.45, 2.75) is 56.5 Å². The zero-order chi connectivity index (χ0) is 22.1. The molecule has 3 aliphatic heterocycles. The molecule has 0 bridgehead atoms. The fourth-order valence-corrected chi connectivity index (χ4v) is 5.91. The molecule has 6 nitrogen and oxygen atoms in total. The summed E-state index contributed by atoms with van der Waals surface area (Å²) < 4.78 is 5.38. The highest BCUT2D eigenvalue weighted by atomic mass is 16.5. The van der Waals surface area contributed by atoms with Gasteiger partial charge in [0.25, 0.3) is 0 Å². The standard InChI is InChI=1S/C26H32N2O4/c29-17-23-25(20-9-7-19(8-10-20)6-5-18-3-1-2-4-18)22-15-27(16-24(30)28(22)23)26(31)21-11-13-32-14-12-21/h7-10,18,21-23,25,29H,1-4,11-17H2/t22-,23-,25+/m0/s1. The summed E-state index contributed by atoms with van der Waals surface area (Å²) in [5.74, 6) is 7.24. The lowest BCUT2D eigenvalue weighted by Gasteiger charge is -2.59. The third-order valence-electron chi connectivity index (χ3n) is 7.71. The molecule has 1 saturated carbocycles. The van der Waals surface area contributed by atoms with Gasteiger partial charge in [0.1, 0.15) is 0 Å². The normalized spacial score (nSPS) is 28.7. The third-order valence-corrected chi connectivity index (χ3v) is 7.71. The maximum Gasteiger partial charge on any atom is 0.242 e. The van der Waals surface area contributed by atoms with E-state index in [0.717, 1.165) is 24.0 Å². The average molecular weight is 437 g/mol. The summed E-state index contributed by atoms with van der Waals surface area (Å²) in [4.78, 5) is 29.4. The Morgan fingerprint density at radius 2 is 1.81 bits per heavy atom. The van der Waals surface area contributed by atoms with Crippen LogP contribution in [-0.2, 0) is 14.3 Å². The molecule has 1 aromatic carbocycles. The number of piperazine rings is 1. The second kappa shape index (κ2) is 9.25. The van der Waals surface area contributed by atoms with Gasteiger partial charge in [0.2, 0.25) is 11.8 Å². The minimum atomic E-state index is -0.219. The van der Waals surface area contributed by atoms with Crippen molar-refractivity contribution < 1.29 is 19.4 Å². The second-order valence-corrected chi connectivity index (χ2v) is 9.62. The van der Waals surface area contributed by atoms with E-state index < -0.39 is 0 Å². The smallest absolute Gasteiger partial charge is 0.242 e. The lowest BCUT2D eigenvalue weighted by atomic mass is 9.73. The van der Waals surface area contributed by atoms with E-state index in [1.54, 1.807) is 9.80 Å². The highest BCUT2D eigenvalue weighted by Gasteiger charge is 2.54. The molecule has 1 aliphatic carbocycles. The zero-order valence-electron chi connectivity index (χ0n) is 18.5. The minimum Gasteiger partial charge on any atom is -0.394 e. The molecule has 0 radical (unpaired) electrons. The van der Waals surface area contributed by atoms with Crippen molar-refractivity contribution in [3.63, 3.8) is 0 Å². The first kappa shape index (κ1) is 21.5. The van der Waals surface area contributed by atoms with Gasteiger partial charge in [-0.2, -0.15) is 0 Å². The number of rotatable bonds is 3. The number of ether oxygens (including phenoxy) is 1. The van der Waals surface area contributed by atoms with Gasteiger partial charge in [0.05, 0.1) is 25.2 Å². The molecule has 6 heteroatoms. The van der Waals surface area contributed by atoms with E-state index in [-0.39, 0.29) is 48.9 Å². The van der Waals surface area contributed by atoms with Crippen LogP contribution in [0.1, 0.15) is 55.6 Å². The van der Waals surface area contributed by atoms with Crippen LogP contribution in [0, 0.1) is 23.7 Å². The molecule has 0 aromatic heterocycles. The fourth-order valence-electron chi connectivity index (χ4n) is 5.91. The number of carbonyl (C=O) groups is 2. The Morgan fingerprint density at radius 1 is 1.09 bits per heavy atom. The highest BCUT2D eigenvalue weighted by molar-refractivity contribution is 5.88. The van der Waals surface area contributed by atoms with Crippen LogP contribution in [0.4, 0.5) is 0 Å². The number of hydrogen-bond acceptors (Lipinski definition) is 4. The first-order chi connectivity index (χ1) is 15.7. The molecule has 5 rings (SSSR count). The van der Waals surface area contributed by atoms with Crippen molar-refractivity contribution in [2.75, 3.05) is 32.9 Å². The van der Waals surface area contributed by atoms with Gasteiger partial charge < -0.3 is 19.6 Å². The van der Waals surface area contributed by atoms with E-state index in [9.17, 15) is 14.7 Å². The van der Waals surface area contributed by atoms with Crippen LogP contribution in [0.2, 0.25) is 0 Å². The maximum atomic E-state index is 13.0. The number of aliphatic hydroxyl groups excluding tert-OH is 1. The van der Waals surface area contributed by atoms with Gasteiger partial charge in [-0.1, -0.05) is 36.8 Å². The number of hydrogen-bond donors (Lipinski definition) is 1. The lowest BCUT2D eigenvalue weighted by molar-refractivity contribution is -0.169. The molecule has 1 N–H and O–H groups in total. The summed E-state index contributed by atoms with van der Waals surface area (Å²) in [5, 5.41) is 10.0. The predicted molar refractivity (Wildman–Crippen MR) is 120 cm³/mol. The Kier molecular flexibility index (Phi) is 6.21. The van der Waals surface area contributed by atoms with Gasteiger partial charge in [-0.25, -0.2) is 0 Å². The van der Waals surface area contributed by atoms with Crippen LogP contribution in [-0.4, -0.2) is 71.7 Å². The molecule has 1 aromatic rings. The zero-order valence-corrected chi connectivity index (χ0v) is 18.5. The summed E-state index contributed by atoms with van der Waals surface area (Å²) in [6.45, 7) is 1.81. The Hall–Kier alpha value is -2.36. The summed E-state index contributed by atoms with van der Waals surface area (Å²) in [7, 11) is 0. The first-order valence-corrected chi connectivity index (χ1v) is 12.1. The highest BCUT2D eigenvalue weighted by Crippen LogP contribution is 2.43. The van der Waals surface area contributed by atoms with E-state index in [2.05, 4.69) is 24.0 Å². The van der Waals surface area contributed by atoms with Crippen molar-refractivity contribution in [2.24, 2.45) is 11.8 Å². The number of fused-ring (bicyclic) bond motifs is 1. The molecule has 32 heavy (non-hydrogen) atoms. The maximum absolute atomic E-state index is 13.0. The SMILES string of the molecule is O=C(C1CCOCC1)N1CC(=O)N2[C@@H](CO)[C@H](c3ccc(C#CC4CCCC4)cc3)[C@@H]2C1. The van der Waals surface area contributed by atoms with Crippen LogP contribution in [0.3, 0.4) is 0 Å². The van der Waals surface area contributed by atoms with Crippen molar-refractivity contribution in [1.29, 1.82) is 0 Å². The molecule has 170 valence electrons. The van der Waals surface area contributed by atoms with Gasteiger partial charge in [-0.05, 0) is 43.4 Å². The van der Waals surface area contributed by atoms with Gasteiger partial charge in [0, 0.05) is 43.1 Å². The molecule has 3 heterocycles. The molecule has 3 saturated heterocycles. The minimum absolute atomic E-state index is 0.0334. The van der Waals surface area contributed by atoms with E-state index in [4.69, 9.17) is 4.74 Å². The molecule has 4 aliphatic rings. The Balaban J connectivity index is 1.30. The summed E-state index contributed by atoms with van der Waals surface area (Å²) in [5.41, 5.74) is 2.11. The van der Waals surface area contributed by atoms with Crippen LogP contribution in [0.15, 0.2) is 24.3 Å². The first-order valence-electron chi connectivity index (χ1n) is 12.1. The number of carbonyl (C=O) groups excluding carboxylic acids is 2. The number of nitrogens with zero attached hydrogens (tertiary/aromatic N) is 2. The van der Waals surface area contributed by atoms with Crippen molar-refractivity contribution in [3.05, 3.63) is 35.4 Å². The van der Waals surface area contributed by atoms with E-state index in [1.165, 1.54) is 25.7 Å². The van der Waals surface area contributed by atoms with Crippen molar-refractivity contribution in [1.82, 2.24) is 9.80 Å². The number of amides is 2. The Morgan fingerprint density at radius 3 is 2.50 bits per heavy atom. The van der Waals surface area contributed by atoms with E-state index >= 15 is 0 Å². The van der Waals surface area contributed by atoms with E-state index in [1.807, 2.05) is 12.1 Å². The van der Waals surface area contributed by atoms with Gasteiger partial charge in [0.15, 0.2) is 0 Å². The second-order valence-electron chi connectivity index (χ2n) is 9.62. The lowest BCUT2D eigenvalue weighted by Crippen LogP contribution is -2.73. The van der Waals surface area contributed by atoms with Crippen LogP contribution < -0.4 is 0 Å². The van der Waals surface area contributed by atoms with Crippen LogP contribution >= 0.6 is 0 Å². The third kappa shape index (κ3) is 4.04. The molecule has 2 amide bonds. The van der Waals surface area contributed by atoms with Crippen molar-refractivity contribution >= 4 is 11.8 Å². The summed E-state index contributed by atoms with van der Waals surface area (Å²) >= 11 is 0.